The molecular formula is C12H10Br2O5. The lowest BCUT2D eigenvalue weighted by Crippen LogP contribution is -2.26. The average molecular weight is 394 g/mol. The third kappa shape index (κ3) is 3.94. The molecule has 1 atom stereocenters. The number of ether oxygens (including phenoxy) is 3. The lowest BCUT2D eigenvalue weighted by atomic mass is 10.3. The monoisotopic (exact) mass is 392 g/mol. The van der Waals surface area contributed by atoms with E-state index in [4.69, 9.17) is 14.2 Å². The highest BCUT2D eigenvalue weighted by Crippen LogP contribution is 2.28. The first-order chi connectivity index (χ1) is 9.06. The minimum atomic E-state index is -0.801. The van der Waals surface area contributed by atoms with Crippen molar-refractivity contribution in [3.63, 3.8) is 0 Å². The molecule has 0 aliphatic carbocycles. The molecule has 1 aromatic rings. The predicted octanol–water partition coefficient (Wildman–Crippen LogP) is 2.45. The van der Waals surface area contributed by atoms with E-state index in [9.17, 15) is 9.59 Å². The summed E-state index contributed by atoms with van der Waals surface area (Å²) in [6, 6.07) is 5.31. The van der Waals surface area contributed by atoms with Gasteiger partial charge in [0.05, 0.1) is 11.1 Å². The van der Waals surface area contributed by atoms with Gasteiger partial charge in [-0.1, -0.05) is 15.9 Å². The fourth-order valence-corrected chi connectivity index (χ4v) is 2.67. The molecule has 0 amide bonds. The van der Waals surface area contributed by atoms with Crippen molar-refractivity contribution in [3.05, 3.63) is 27.1 Å². The van der Waals surface area contributed by atoms with Crippen LogP contribution in [0.5, 0.6) is 5.75 Å². The molecule has 1 heterocycles. The van der Waals surface area contributed by atoms with Gasteiger partial charge in [-0.2, -0.15) is 0 Å². The van der Waals surface area contributed by atoms with Gasteiger partial charge in [0, 0.05) is 10.9 Å². The van der Waals surface area contributed by atoms with Gasteiger partial charge in [-0.25, -0.2) is 9.59 Å². The molecule has 19 heavy (non-hydrogen) atoms. The standard InChI is InChI=1S/C12H10Br2O5/c13-7-1-2-9(8(14)5-7)18-6-11(15)19-10-3-4-17-12(10)16/h1-2,5,10H,3-4,6H2/t10-/m0/s1. The maximum Gasteiger partial charge on any atom is 0.347 e. The number of esters is 2. The summed E-state index contributed by atoms with van der Waals surface area (Å²) in [4.78, 5) is 22.6. The third-order valence-corrected chi connectivity index (χ3v) is 3.51. The van der Waals surface area contributed by atoms with Crippen LogP contribution >= 0.6 is 31.9 Å². The van der Waals surface area contributed by atoms with Crippen LogP contribution in [0.15, 0.2) is 27.1 Å². The van der Waals surface area contributed by atoms with E-state index in [1.807, 2.05) is 0 Å². The van der Waals surface area contributed by atoms with Crippen molar-refractivity contribution in [2.45, 2.75) is 12.5 Å². The van der Waals surface area contributed by atoms with Crippen LogP contribution in [-0.4, -0.2) is 31.3 Å². The van der Waals surface area contributed by atoms with E-state index in [1.54, 1.807) is 18.2 Å². The van der Waals surface area contributed by atoms with Crippen LogP contribution in [0.25, 0.3) is 0 Å². The molecule has 0 N–H and O–H groups in total. The van der Waals surface area contributed by atoms with Gasteiger partial charge in [0.1, 0.15) is 5.75 Å². The number of hydrogen-bond acceptors (Lipinski definition) is 5. The molecule has 0 aromatic heterocycles. The van der Waals surface area contributed by atoms with Crippen LogP contribution in [0.4, 0.5) is 0 Å². The van der Waals surface area contributed by atoms with Crippen LogP contribution in [0.2, 0.25) is 0 Å². The molecule has 0 saturated carbocycles. The summed E-state index contributed by atoms with van der Waals surface area (Å²) < 4.78 is 16.6. The van der Waals surface area contributed by atoms with Crippen molar-refractivity contribution >= 4 is 43.8 Å². The number of halogens is 2. The average Bonchev–Trinajstić information content (AvgIpc) is 2.74. The molecule has 0 bridgehead atoms. The maximum atomic E-state index is 11.5. The Kier molecular flexibility index (Phi) is 4.81. The Balaban J connectivity index is 1.84. The molecule has 102 valence electrons. The van der Waals surface area contributed by atoms with E-state index in [-0.39, 0.29) is 13.2 Å². The zero-order valence-electron chi connectivity index (χ0n) is 9.73. The Morgan fingerprint density at radius 2 is 2.21 bits per heavy atom. The number of rotatable bonds is 4. The van der Waals surface area contributed by atoms with Gasteiger partial charge in [-0.05, 0) is 34.1 Å². The SMILES string of the molecule is O=C(COc1ccc(Br)cc1Br)O[C@H]1CCOC1=O. The molecule has 1 aliphatic rings. The first-order valence-electron chi connectivity index (χ1n) is 5.50. The quantitative estimate of drug-likeness (QED) is 0.735. The van der Waals surface area contributed by atoms with Gasteiger partial charge >= 0.3 is 11.9 Å². The highest BCUT2D eigenvalue weighted by molar-refractivity contribution is 9.11. The van der Waals surface area contributed by atoms with Crippen molar-refractivity contribution in [2.75, 3.05) is 13.2 Å². The molecule has 1 aliphatic heterocycles. The Hall–Kier alpha value is -1.08. The summed E-state index contributed by atoms with van der Waals surface area (Å²) in [7, 11) is 0. The topological polar surface area (TPSA) is 61.8 Å². The van der Waals surface area contributed by atoms with Gasteiger partial charge in [0.2, 0.25) is 6.10 Å². The number of hydrogen-bond donors (Lipinski definition) is 0. The summed E-state index contributed by atoms with van der Waals surface area (Å²) >= 11 is 6.63. The second-order valence-corrected chi connectivity index (χ2v) is 5.57. The maximum absolute atomic E-state index is 11.5. The van der Waals surface area contributed by atoms with Crippen molar-refractivity contribution in [1.29, 1.82) is 0 Å². The second kappa shape index (κ2) is 6.38. The largest absolute Gasteiger partial charge is 0.481 e. The summed E-state index contributed by atoms with van der Waals surface area (Å²) in [5, 5.41) is 0. The zero-order valence-corrected chi connectivity index (χ0v) is 12.9. The smallest absolute Gasteiger partial charge is 0.347 e. The number of carbonyl (C=O) groups is 2. The molecule has 1 fully saturated rings. The fourth-order valence-electron chi connectivity index (χ4n) is 1.51. The van der Waals surface area contributed by atoms with Crippen LogP contribution in [0.3, 0.4) is 0 Å². The minimum absolute atomic E-state index is 0.260. The molecule has 0 radical (unpaired) electrons. The molecule has 1 aromatic carbocycles. The fraction of sp³-hybridized carbons (Fsp3) is 0.333. The van der Waals surface area contributed by atoms with E-state index in [2.05, 4.69) is 31.9 Å². The molecular weight excluding hydrogens is 384 g/mol. The Morgan fingerprint density at radius 3 is 2.84 bits per heavy atom. The second-order valence-electron chi connectivity index (χ2n) is 3.80. The first kappa shape index (κ1) is 14.3. The zero-order chi connectivity index (χ0) is 13.8. The number of carbonyl (C=O) groups excluding carboxylic acids is 2. The summed E-state index contributed by atoms with van der Waals surface area (Å²) in [5.41, 5.74) is 0. The lowest BCUT2D eigenvalue weighted by Gasteiger charge is -2.10. The van der Waals surface area contributed by atoms with Crippen molar-refractivity contribution in [2.24, 2.45) is 0 Å². The first-order valence-corrected chi connectivity index (χ1v) is 7.09. The Bertz CT molecular complexity index is 503. The Labute approximate surface area is 126 Å². The van der Waals surface area contributed by atoms with E-state index < -0.39 is 18.0 Å². The van der Waals surface area contributed by atoms with Gasteiger partial charge in [0.25, 0.3) is 0 Å². The van der Waals surface area contributed by atoms with Crippen molar-refractivity contribution < 1.29 is 23.8 Å². The molecule has 0 unspecified atom stereocenters. The van der Waals surface area contributed by atoms with Crippen LogP contribution in [-0.2, 0) is 19.1 Å². The summed E-state index contributed by atoms with van der Waals surface area (Å²) in [6.07, 6.45) is -0.406. The van der Waals surface area contributed by atoms with Crippen LogP contribution in [0.1, 0.15) is 6.42 Å². The van der Waals surface area contributed by atoms with E-state index >= 15 is 0 Å². The van der Waals surface area contributed by atoms with Crippen molar-refractivity contribution in [3.8, 4) is 5.75 Å². The van der Waals surface area contributed by atoms with Crippen LogP contribution in [0, 0.1) is 0 Å². The Morgan fingerprint density at radius 1 is 1.42 bits per heavy atom. The highest BCUT2D eigenvalue weighted by atomic mass is 79.9. The lowest BCUT2D eigenvalue weighted by molar-refractivity contribution is -0.161. The van der Waals surface area contributed by atoms with Gasteiger partial charge in [-0.15, -0.1) is 0 Å². The summed E-state index contributed by atoms with van der Waals surface area (Å²) in [6.45, 7) is 0.0277. The number of benzene rings is 1. The van der Waals surface area contributed by atoms with E-state index in [1.165, 1.54) is 0 Å². The number of cyclic esters (lactones) is 1. The normalized spacial score (nSPS) is 18.0. The van der Waals surface area contributed by atoms with Crippen molar-refractivity contribution in [1.82, 2.24) is 0 Å². The van der Waals surface area contributed by atoms with E-state index in [0.717, 1.165) is 8.95 Å². The van der Waals surface area contributed by atoms with Gasteiger partial charge in [-0.3, -0.25) is 0 Å². The highest BCUT2D eigenvalue weighted by Gasteiger charge is 2.30. The molecule has 0 spiro atoms. The van der Waals surface area contributed by atoms with Gasteiger partial charge < -0.3 is 14.2 Å². The third-order valence-electron chi connectivity index (χ3n) is 2.40. The van der Waals surface area contributed by atoms with Crippen LogP contribution < -0.4 is 4.74 Å². The summed E-state index contributed by atoms with van der Waals surface area (Å²) in [5.74, 6) is -0.578. The van der Waals surface area contributed by atoms with E-state index in [0.29, 0.717) is 12.2 Å². The molecule has 5 nitrogen and oxygen atoms in total. The molecule has 7 heteroatoms. The molecule has 2 rings (SSSR count). The van der Waals surface area contributed by atoms with Gasteiger partial charge in [0.15, 0.2) is 6.61 Å². The predicted molar refractivity (Wildman–Crippen MR) is 72.8 cm³/mol. The molecule has 1 saturated heterocycles. The minimum Gasteiger partial charge on any atom is -0.481 e.